The normalized spacial score (nSPS) is 29.9. The van der Waals surface area contributed by atoms with E-state index in [9.17, 15) is 13.6 Å². The molecule has 3 atom stereocenters. The van der Waals surface area contributed by atoms with E-state index < -0.39 is 41.6 Å². The van der Waals surface area contributed by atoms with Crippen molar-refractivity contribution in [3.05, 3.63) is 53.2 Å². The lowest BCUT2D eigenvalue weighted by Gasteiger charge is -2.43. The van der Waals surface area contributed by atoms with Gasteiger partial charge in [-0.15, -0.1) is 0 Å². The molecule has 4 rings (SSSR count). The summed E-state index contributed by atoms with van der Waals surface area (Å²) in [6.07, 6.45) is 1.84. The molecule has 1 saturated heterocycles. The van der Waals surface area contributed by atoms with Crippen LogP contribution >= 0.6 is 0 Å². The van der Waals surface area contributed by atoms with Gasteiger partial charge in [-0.05, 0) is 24.6 Å². The zero-order valence-corrected chi connectivity index (χ0v) is 17.0. The van der Waals surface area contributed by atoms with E-state index in [0.717, 1.165) is 13.0 Å². The fourth-order valence-corrected chi connectivity index (χ4v) is 4.10. The number of fused-ring (bicyclic) bond motifs is 1. The summed E-state index contributed by atoms with van der Waals surface area (Å²) < 4.78 is 55.7. The Kier molecular flexibility index (Phi) is 5.00. The number of hydrogen-bond acceptors (Lipinski definition) is 7. The average molecular weight is 434 g/mol. The predicted molar refractivity (Wildman–Crippen MR) is 105 cm³/mol. The monoisotopic (exact) mass is 434 g/mol. The van der Waals surface area contributed by atoms with Crippen molar-refractivity contribution >= 4 is 11.6 Å². The van der Waals surface area contributed by atoms with Crippen molar-refractivity contribution in [3.63, 3.8) is 0 Å². The van der Waals surface area contributed by atoms with Crippen molar-refractivity contribution in [2.24, 2.45) is 10.7 Å². The number of ketones is 1. The van der Waals surface area contributed by atoms with E-state index in [1.54, 1.807) is 0 Å². The lowest BCUT2D eigenvalue weighted by Crippen LogP contribution is -2.58. The largest absolute Gasteiger partial charge is 0.480 e. The summed E-state index contributed by atoms with van der Waals surface area (Å²) in [5, 5.41) is 0. The standard InChI is InChI=1S/C21H21F3N4O3/c1-19(23)9-20(24)10-31-11-21(20,28-18(19)25)13-5-12(3-4-14(13)22)6-16(29)15-7-27-17(30-2)8-26-15/h3-5,7-8H,6,9-11H2,1-2H3,(H2,25,28)/t19-,20-,21+/m0/s1. The highest BCUT2D eigenvalue weighted by molar-refractivity contribution is 5.95. The maximum absolute atomic E-state index is 15.9. The van der Waals surface area contributed by atoms with Gasteiger partial charge in [-0.3, -0.25) is 9.79 Å². The molecule has 0 saturated carbocycles. The zero-order chi connectivity index (χ0) is 22.4. The molecule has 2 N–H and O–H groups in total. The number of carbonyl (C=O) groups is 1. The van der Waals surface area contributed by atoms with Crippen LogP contribution in [0.15, 0.2) is 35.6 Å². The molecule has 1 aromatic carbocycles. The molecule has 7 nitrogen and oxygen atoms in total. The molecular weight excluding hydrogens is 413 g/mol. The van der Waals surface area contributed by atoms with Crippen molar-refractivity contribution in [1.29, 1.82) is 0 Å². The lowest BCUT2D eigenvalue weighted by atomic mass is 9.70. The number of Topliss-reactive ketones (excluding diaryl/α,β-unsaturated/α-hetero) is 1. The lowest BCUT2D eigenvalue weighted by molar-refractivity contribution is 0.0234. The van der Waals surface area contributed by atoms with Crippen LogP contribution in [0.25, 0.3) is 0 Å². The van der Waals surface area contributed by atoms with Crippen LogP contribution in [0.3, 0.4) is 0 Å². The van der Waals surface area contributed by atoms with Crippen molar-refractivity contribution < 1.29 is 27.4 Å². The van der Waals surface area contributed by atoms with Crippen LogP contribution in [-0.2, 0) is 16.7 Å². The summed E-state index contributed by atoms with van der Waals surface area (Å²) in [5.74, 6) is -1.28. The number of rotatable bonds is 5. The number of amidine groups is 1. The number of nitrogens with zero attached hydrogens (tertiary/aromatic N) is 3. The maximum atomic E-state index is 15.9. The molecule has 3 heterocycles. The summed E-state index contributed by atoms with van der Waals surface area (Å²) in [4.78, 5) is 24.6. The van der Waals surface area contributed by atoms with Gasteiger partial charge in [0.05, 0.1) is 32.7 Å². The molecule has 0 unspecified atom stereocenters. The van der Waals surface area contributed by atoms with Crippen molar-refractivity contribution in [2.75, 3.05) is 20.3 Å². The molecule has 0 aliphatic carbocycles. The minimum absolute atomic E-state index is 0.0991. The van der Waals surface area contributed by atoms with Crippen molar-refractivity contribution in [3.8, 4) is 5.88 Å². The van der Waals surface area contributed by atoms with E-state index in [1.807, 2.05) is 0 Å². The molecule has 31 heavy (non-hydrogen) atoms. The van der Waals surface area contributed by atoms with Crippen LogP contribution in [0.1, 0.15) is 35.0 Å². The van der Waals surface area contributed by atoms with Crippen LogP contribution in [0, 0.1) is 5.82 Å². The molecule has 164 valence electrons. The third kappa shape index (κ3) is 3.44. The van der Waals surface area contributed by atoms with Gasteiger partial charge < -0.3 is 15.2 Å². The van der Waals surface area contributed by atoms with Gasteiger partial charge in [-0.2, -0.15) is 0 Å². The van der Waals surface area contributed by atoms with E-state index in [0.29, 0.717) is 5.56 Å². The van der Waals surface area contributed by atoms with Gasteiger partial charge in [0.15, 0.2) is 17.1 Å². The summed E-state index contributed by atoms with van der Waals surface area (Å²) in [6.45, 7) is 0.405. The van der Waals surface area contributed by atoms with E-state index in [2.05, 4.69) is 15.0 Å². The van der Waals surface area contributed by atoms with Gasteiger partial charge in [-0.25, -0.2) is 23.1 Å². The number of aliphatic imine (C=N–C) groups is 1. The minimum atomic E-state index is -2.29. The third-order valence-corrected chi connectivity index (χ3v) is 5.80. The number of aromatic nitrogens is 2. The van der Waals surface area contributed by atoms with Crippen molar-refractivity contribution in [1.82, 2.24) is 9.97 Å². The van der Waals surface area contributed by atoms with Gasteiger partial charge in [-0.1, -0.05) is 6.07 Å². The van der Waals surface area contributed by atoms with E-state index in [4.69, 9.17) is 15.2 Å². The first-order chi connectivity index (χ1) is 14.6. The maximum Gasteiger partial charge on any atom is 0.232 e. The first-order valence-electron chi connectivity index (χ1n) is 9.60. The van der Waals surface area contributed by atoms with Crippen LogP contribution in [-0.4, -0.2) is 53.2 Å². The topological polar surface area (TPSA) is 99.7 Å². The van der Waals surface area contributed by atoms with Gasteiger partial charge in [0.2, 0.25) is 5.88 Å². The Hall–Kier alpha value is -3.01. The number of methoxy groups -OCH3 is 1. The fourth-order valence-electron chi connectivity index (χ4n) is 4.10. The number of carbonyl (C=O) groups excluding carboxylic acids is 1. The summed E-state index contributed by atoms with van der Waals surface area (Å²) in [5.41, 5.74) is -0.145. The Labute approximate surface area is 176 Å². The molecule has 1 fully saturated rings. The Morgan fingerprint density at radius 1 is 1.26 bits per heavy atom. The molecule has 0 radical (unpaired) electrons. The Morgan fingerprint density at radius 2 is 2.03 bits per heavy atom. The molecule has 2 aliphatic rings. The highest BCUT2D eigenvalue weighted by atomic mass is 19.2. The molecule has 0 amide bonds. The van der Waals surface area contributed by atoms with Gasteiger partial charge >= 0.3 is 0 Å². The van der Waals surface area contributed by atoms with Crippen LogP contribution in [0.5, 0.6) is 5.88 Å². The second-order valence-corrected chi connectivity index (χ2v) is 8.05. The number of ether oxygens (including phenoxy) is 2. The van der Waals surface area contributed by atoms with Crippen LogP contribution in [0.2, 0.25) is 0 Å². The first kappa shape index (κ1) is 21.2. The van der Waals surface area contributed by atoms with Crippen LogP contribution < -0.4 is 10.5 Å². The van der Waals surface area contributed by atoms with E-state index in [1.165, 1.54) is 31.6 Å². The predicted octanol–water partition coefficient (Wildman–Crippen LogP) is 2.47. The first-order valence-corrected chi connectivity index (χ1v) is 9.60. The van der Waals surface area contributed by atoms with Crippen molar-refractivity contribution in [2.45, 2.75) is 36.6 Å². The Bertz CT molecular complexity index is 1060. The fraction of sp³-hybridized carbons (Fsp3) is 0.429. The van der Waals surface area contributed by atoms with Gasteiger partial charge in [0.25, 0.3) is 0 Å². The van der Waals surface area contributed by atoms with E-state index in [-0.39, 0.29) is 35.9 Å². The number of halogens is 3. The minimum Gasteiger partial charge on any atom is -0.480 e. The second-order valence-electron chi connectivity index (χ2n) is 8.05. The molecular formula is C21H21F3N4O3. The second kappa shape index (κ2) is 7.30. The smallest absolute Gasteiger partial charge is 0.232 e. The zero-order valence-electron chi connectivity index (χ0n) is 17.0. The average Bonchev–Trinajstić information content (AvgIpc) is 3.05. The van der Waals surface area contributed by atoms with E-state index >= 15 is 4.39 Å². The highest BCUT2D eigenvalue weighted by Crippen LogP contribution is 2.53. The molecule has 10 heteroatoms. The van der Waals surface area contributed by atoms with Gasteiger partial charge in [0, 0.05) is 18.4 Å². The molecule has 2 aliphatic heterocycles. The van der Waals surface area contributed by atoms with Gasteiger partial charge in [0.1, 0.15) is 22.9 Å². The Balaban J connectivity index is 1.71. The quantitative estimate of drug-likeness (QED) is 0.726. The number of benzene rings is 1. The summed E-state index contributed by atoms with van der Waals surface area (Å²) in [6, 6.07) is 3.89. The molecule has 0 spiro atoms. The molecule has 0 bridgehead atoms. The van der Waals surface area contributed by atoms with Crippen LogP contribution in [0.4, 0.5) is 13.2 Å². The summed E-state index contributed by atoms with van der Waals surface area (Å²) in [7, 11) is 1.43. The SMILES string of the molecule is COc1cnc(C(=O)Cc2ccc(F)c([C@]34COC[C@@]3(F)C[C@](C)(F)C(N)=N4)c2)cn1. The number of nitrogens with two attached hydrogens (primary N) is 1. The molecule has 2 aromatic rings. The molecule has 1 aromatic heterocycles. The number of alkyl halides is 2. The number of hydrogen-bond donors (Lipinski definition) is 1. The highest BCUT2D eigenvalue weighted by Gasteiger charge is 2.65. The third-order valence-electron chi connectivity index (χ3n) is 5.80. The summed E-state index contributed by atoms with van der Waals surface area (Å²) >= 11 is 0. The Morgan fingerprint density at radius 3 is 2.71 bits per heavy atom.